The van der Waals surface area contributed by atoms with E-state index in [9.17, 15) is 4.79 Å². The van der Waals surface area contributed by atoms with Crippen molar-refractivity contribution in [2.45, 2.75) is 19.4 Å². The third-order valence-corrected chi connectivity index (χ3v) is 6.70. The molecule has 1 aromatic heterocycles. The van der Waals surface area contributed by atoms with E-state index in [-0.39, 0.29) is 11.9 Å². The largest absolute Gasteiger partial charge is 0.493 e. The molecule has 0 saturated carbocycles. The van der Waals surface area contributed by atoms with E-state index in [4.69, 9.17) is 9.72 Å². The highest BCUT2D eigenvalue weighted by atomic mass is 32.1. The molecule has 6 nitrogen and oxygen atoms in total. The van der Waals surface area contributed by atoms with Gasteiger partial charge in [-0.3, -0.25) is 4.79 Å². The van der Waals surface area contributed by atoms with Crippen LogP contribution in [-0.4, -0.2) is 43.7 Å². The molecule has 2 aromatic carbocycles. The van der Waals surface area contributed by atoms with Crippen LogP contribution in [0.25, 0.3) is 10.2 Å². The lowest BCUT2D eigenvalue weighted by atomic mass is 9.99. The Balaban J connectivity index is 1.41. The van der Waals surface area contributed by atoms with E-state index in [1.807, 2.05) is 43.3 Å². The summed E-state index contributed by atoms with van der Waals surface area (Å²) in [7, 11) is 0. The molecular weight excluding hydrogens is 384 g/mol. The van der Waals surface area contributed by atoms with Crippen LogP contribution in [-0.2, 0) is 0 Å². The number of fused-ring (bicyclic) bond motifs is 2. The van der Waals surface area contributed by atoms with Gasteiger partial charge in [-0.2, -0.15) is 0 Å². The molecule has 0 spiro atoms. The second-order valence-corrected chi connectivity index (χ2v) is 8.58. The van der Waals surface area contributed by atoms with E-state index in [2.05, 4.69) is 15.5 Å². The zero-order valence-corrected chi connectivity index (χ0v) is 17.2. The van der Waals surface area contributed by atoms with Gasteiger partial charge in [0, 0.05) is 43.7 Å². The Kier molecular flexibility index (Phi) is 4.85. The van der Waals surface area contributed by atoms with Crippen LogP contribution in [0.2, 0.25) is 0 Å². The van der Waals surface area contributed by atoms with Crippen molar-refractivity contribution < 1.29 is 9.53 Å². The van der Waals surface area contributed by atoms with E-state index in [1.54, 1.807) is 11.3 Å². The number of rotatable bonds is 3. The highest BCUT2D eigenvalue weighted by Gasteiger charge is 2.24. The molecule has 29 heavy (non-hydrogen) atoms. The predicted molar refractivity (Wildman–Crippen MR) is 116 cm³/mol. The number of amides is 1. The molecule has 1 unspecified atom stereocenters. The van der Waals surface area contributed by atoms with Crippen molar-refractivity contribution in [3.05, 3.63) is 53.1 Å². The fourth-order valence-electron chi connectivity index (χ4n) is 4.03. The molecule has 3 heterocycles. The van der Waals surface area contributed by atoms with Crippen LogP contribution in [0, 0.1) is 6.92 Å². The highest BCUT2D eigenvalue weighted by molar-refractivity contribution is 7.22. The lowest BCUT2D eigenvalue weighted by Gasteiger charge is -2.26. The minimum atomic E-state index is -0.0387. The average molecular weight is 409 g/mol. The maximum absolute atomic E-state index is 13.1. The van der Waals surface area contributed by atoms with Crippen molar-refractivity contribution in [2.75, 3.05) is 37.7 Å². The van der Waals surface area contributed by atoms with E-state index in [0.29, 0.717) is 6.61 Å². The Bertz CT molecular complexity index is 1060. The molecule has 5 rings (SSSR count). The van der Waals surface area contributed by atoms with Crippen LogP contribution in [0.4, 0.5) is 5.13 Å². The van der Waals surface area contributed by atoms with Gasteiger partial charge in [-0.15, -0.1) is 0 Å². The summed E-state index contributed by atoms with van der Waals surface area (Å²) < 4.78 is 6.77. The Morgan fingerprint density at radius 1 is 1.28 bits per heavy atom. The zero-order valence-electron chi connectivity index (χ0n) is 16.4. The average Bonchev–Trinajstić information content (AvgIpc) is 3.17. The first kappa shape index (κ1) is 18.4. The summed E-state index contributed by atoms with van der Waals surface area (Å²) in [5, 5.41) is 7.62. The van der Waals surface area contributed by atoms with E-state index in [1.165, 1.54) is 0 Å². The third-order valence-electron chi connectivity index (χ3n) is 5.62. The predicted octanol–water partition coefficient (Wildman–Crippen LogP) is 3.27. The number of aryl methyl sites for hydroxylation is 1. The van der Waals surface area contributed by atoms with Crippen LogP contribution in [0.15, 0.2) is 36.4 Å². The van der Waals surface area contributed by atoms with Crippen molar-refractivity contribution in [3.63, 3.8) is 0 Å². The monoisotopic (exact) mass is 408 g/mol. The molecule has 1 fully saturated rings. The number of benzene rings is 2. The van der Waals surface area contributed by atoms with E-state index in [0.717, 1.165) is 70.4 Å². The lowest BCUT2D eigenvalue weighted by molar-refractivity contribution is 0.0924. The minimum Gasteiger partial charge on any atom is -0.493 e. The molecule has 1 atom stereocenters. The van der Waals surface area contributed by atoms with Crippen LogP contribution in [0.5, 0.6) is 5.75 Å². The Morgan fingerprint density at radius 3 is 2.97 bits per heavy atom. The molecule has 0 radical (unpaired) electrons. The topological polar surface area (TPSA) is 66.5 Å². The first-order valence-corrected chi connectivity index (χ1v) is 10.9. The fraction of sp³-hybridized carbons (Fsp3) is 0.364. The number of para-hydroxylation sites is 1. The number of aromatic nitrogens is 1. The van der Waals surface area contributed by atoms with Crippen molar-refractivity contribution in [3.8, 4) is 5.75 Å². The maximum atomic E-state index is 13.1. The van der Waals surface area contributed by atoms with Crippen molar-refractivity contribution >= 4 is 32.6 Å². The van der Waals surface area contributed by atoms with Crippen LogP contribution >= 0.6 is 11.3 Å². The molecule has 0 aliphatic carbocycles. The number of hydrogen-bond donors (Lipinski definition) is 2. The Labute approximate surface area is 173 Å². The van der Waals surface area contributed by atoms with Gasteiger partial charge in [0.1, 0.15) is 5.75 Å². The highest BCUT2D eigenvalue weighted by Crippen LogP contribution is 2.33. The molecule has 2 N–H and O–H groups in total. The molecule has 2 aliphatic rings. The second kappa shape index (κ2) is 7.65. The smallest absolute Gasteiger partial charge is 0.252 e. The van der Waals surface area contributed by atoms with Gasteiger partial charge in [0.15, 0.2) is 5.13 Å². The van der Waals surface area contributed by atoms with Crippen molar-refractivity contribution in [1.82, 2.24) is 15.6 Å². The number of nitrogens with one attached hydrogen (secondary N) is 2. The summed E-state index contributed by atoms with van der Waals surface area (Å²) >= 11 is 1.67. The summed E-state index contributed by atoms with van der Waals surface area (Å²) in [5.41, 5.74) is 3.68. The lowest BCUT2D eigenvalue weighted by Crippen LogP contribution is -2.43. The zero-order chi connectivity index (χ0) is 19.8. The molecule has 3 aromatic rings. The standard InChI is InChI=1S/C22H24N4O2S/c1-14-12-18-20(29-22(25-18)26-9-7-23-8-10-26)13-16(14)21(27)24-17-6-11-28-19-5-3-2-4-15(17)19/h2-5,12-13,17,23H,6-11H2,1H3,(H,24,27). The van der Waals surface area contributed by atoms with E-state index < -0.39 is 0 Å². The van der Waals surface area contributed by atoms with E-state index >= 15 is 0 Å². The van der Waals surface area contributed by atoms with Gasteiger partial charge in [-0.05, 0) is 30.7 Å². The number of hydrogen-bond acceptors (Lipinski definition) is 6. The second-order valence-electron chi connectivity index (χ2n) is 7.57. The van der Waals surface area contributed by atoms with Gasteiger partial charge in [0.25, 0.3) is 5.91 Å². The molecule has 2 aliphatic heterocycles. The number of anilines is 1. The third kappa shape index (κ3) is 3.56. The molecular formula is C22H24N4O2S. The number of thiazole rings is 1. The Morgan fingerprint density at radius 2 is 2.10 bits per heavy atom. The van der Waals surface area contributed by atoms with Crippen molar-refractivity contribution in [2.24, 2.45) is 0 Å². The first-order valence-electron chi connectivity index (χ1n) is 10.1. The summed E-state index contributed by atoms with van der Waals surface area (Å²) in [5.74, 6) is 0.822. The number of carbonyl (C=O) groups excluding carboxylic acids is 1. The summed E-state index contributed by atoms with van der Waals surface area (Å²) in [6, 6.07) is 11.9. The maximum Gasteiger partial charge on any atom is 0.252 e. The van der Waals surface area contributed by atoms with Gasteiger partial charge < -0.3 is 20.3 Å². The number of nitrogens with zero attached hydrogens (tertiary/aromatic N) is 2. The summed E-state index contributed by atoms with van der Waals surface area (Å²) in [6.45, 7) is 6.49. The summed E-state index contributed by atoms with van der Waals surface area (Å²) in [4.78, 5) is 20.2. The molecule has 1 saturated heterocycles. The summed E-state index contributed by atoms with van der Waals surface area (Å²) in [6.07, 6.45) is 0.776. The Hall–Kier alpha value is -2.64. The number of piperazine rings is 1. The molecule has 150 valence electrons. The quantitative estimate of drug-likeness (QED) is 0.696. The first-order chi connectivity index (χ1) is 14.2. The SMILES string of the molecule is Cc1cc2nc(N3CCNCC3)sc2cc1C(=O)NC1CCOc2ccccc21. The number of ether oxygens (including phenoxy) is 1. The fourth-order valence-corrected chi connectivity index (χ4v) is 5.07. The van der Waals surface area contributed by atoms with Gasteiger partial charge in [0.05, 0.1) is 22.9 Å². The van der Waals surface area contributed by atoms with Gasteiger partial charge in [-0.1, -0.05) is 29.5 Å². The number of carbonyl (C=O) groups is 1. The van der Waals surface area contributed by atoms with Crippen LogP contribution < -0.4 is 20.3 Å². The van der Waals surface area contributed by atoms with Gasteiger partial charge in [0.2, 0.25) is 0 Å². The normalized spacial score (nSPS) is 18.9. The van der Waals surface area contributed by atoms with Crippen LogP contribution in [0.1, 0.15) is 33.9 Å². The molecule has 0 bridgehead atoms. The minimum absolute atomic E-state index is 0.0274. The molecule has 1 amide bonds. The van der Waals surface area contributed by atoms with Gasteiger partial charge >= 0.3 is 0 Å². The van der Waals surface area contributed by atoms with Crippen LogP contribution in [0.3, 0.4) is 0 Å². The molecule has 7 heteroatoms. The van der Waals surface area contributed by atoms with Gasteiger partial charge in [-0.25, -0.2) is 4.98 Å². The van der Waals surface area contributed by atoms with Crippen molar-refractivity contribution in [1.29, 1.82) is 0 Å².